The van der Waals surface area contributed by atoms with Crippen molar-refractivity contribution in [3.05, 3.63) is 98.0 Å². The first-order valence-corrected chi connectivity index (χ1v) is 12.9. The van der Waals surface area contributed by atoms with E-state index in [1.54, 1.807) is 30.3 Å². The molecule has 1 amide bonds. The molecular weight excluding hydrogens is 511 g/mol. The Hall–Kier alpha value is -2.61. The predicted molar refractivity (Wildman–Crippen MR) is 148 cm³/mol. The van der Waals surface area contributed by atoms with Crippen molar-refractivity contribution in [3.63, 3.8) is 0 Å². The van der Waals surface area contributed by atoms with Crippen molar-refractivity contribution in [1.82, 2.24) is 10.6 Å². The van der Waals surface area contributed by atoms with Crippen molar-refractivity contribution in [2.75, 3.05) is 13.1 Å². The van der Waals surface area contributed by atoms with Crippen LogP contribution < -0.4 is 10.6 Å². The van der Waals surface area contributed by atoms with Crippen LogP contribution in [0.1, 0.15) is 58.1 Å². The Morgan fingerprint density at radius 3 is 2.51 bits per heavy atom. The smallest absolute Gasteiger partial charge is 0.251 e. The molecule has 0 heterocycles. The summed E-state index contributed by atoms with van der Waals surface area (Å²) in [4.78, 5) is 12.8. The average Bonchev–Trinajstić information content (AvgIpc) is 2.87. The zero-order chi connectivity index (χ0) is 27.2. The van der Waals surface area contributed by atoms with Crippen LogP contribution in [-0.4, -0.2) is 39.9 Å². The van der Waals surface area contributed by atoms with Gasteiger partial charge in [0, 0.05) is 39.8 Å². The molecule has 0 saturated heterocycles. The number of hydrogen-bond acceptors (Lipinski definition) is 5. The van der Waals surface area contributed by atoms with Crippen LogP contribution in [0, 0.1) is 6.92 Å². The first-order valence-electron chi connectivity index (χ1n) is 12.2. The van der Waals surface area contributed by atoms with Crippen molar-refractivity contribution in [3.8, 4) is 5.75 Å². The van der Waals surface area contributed by atoms with Crippen molar-refractivity contribution in [1.29, 1.82) is 0 Å². The SMILES string of the molecule is Cc1c(Cl)ccc(Cl)c1CCNC(=O)c1cccc(CC(C)(C)NC[C@H](O)c2ccc(O)c(CO)c2)c1. The number of hydrogen-bond donors (Lipinski definition) is 5. The molecule has 0 unspecified atom stereocenters. The van der Waals surface area contributed by atoms with Gasteiger partial charge in [0.1, 0.15) is 5.75 Å². The fourth-order valence-electron chi connectivity index (χ4n) is 4.23. The Bertz CT molecular complexity index is 1250. The van der Waals surface area contributed by atoms with Gasteiger partial charge in [-0.3, -0.25) is 4.79 Å². The first kappa shape index (κ1) is 29.0. The van der Waals surface area contributed by atoms with E-state index < -0.39 is 6.10 Å². The summed E-state index contributed by atoms with van der Waals surface area (Å²) in [6, 6.07) is 15.7. The highest BCUT2D eigenvalue weighted by molar-refractivity contribution is 6.34. The van der Waals surface area contributed by atoms with E-state index in [1.807, 2.05) is 39.0 Å². The van der Waals surface area contributed by atoms with E-state index in [1.165, 1.54) is 6.07 Å². The number of nitrogens with one attached hydrogen (secondary N) is 2. The third-order valence-electron chi connectivity index (χ3n) is 6.40. The van der Waals surface area contributed by atoms with Crippen molar-refractivity contribution >= 4 is 29.1 Å². The van der Waals surface area contributed by atoms with Gasteiger partial charge in [0.2, 0.25) is 0 Å². The number of aliphatic hydroxyl groups is 2. The van der Waals surface area contributed by atoms with Gasteiger partial charge < -0.3 is 26.0 Å². The molecule has 0 aliphatic carbocycles. The third kappa shape index (κ3) is 7.94. The van der Waals surface area contributed by atoms with Crippen LogP contribution in [0.2, 0.25) is 10.0 Å². The predicted octanol–water partition coefficient (Wildman–Crippen LogP) is 5.12. The van der Waals surface area contributed by atoms with E-state index in [0.29, 0.717) is 46.1 Å². The Kier molecular flexibility index (Phi) is 9.99. The maximum Gasteiger partial charge on any atom is 0.251 e. The Labute approximate surface area is 228 Å². The number of halogens is 2. The molecule has 3 aromatic carbocycles. The Morgan fingerprint density at radius 2 is 1.78 bits per heavy atom. The molecule has 5 N–H and O–H groups in total. The lowest BCUT2D eigenvalue weighted by Gasteiger charge is -2.28. The van der Waals surface area contributed by atoms with Gasteiger partial charge in [-0.25, -0.2) is 0 Å². The summed E-state index contributed by atoms with van der Waals surface area (Å²) in [6.07, 6.45) is 0.408. The summed E-state index contributed by atoms with van der Waals surface area (Å²) in [5, 5.41) is 37.3. The van der Waals surface area contributed by atoms with Gasteiger partial charge in [-0.05, 0) is 92.3 Å². The van der Waals surface area contributed by atoms with Gasteiger partial charge in [0.05, 0.1) is 12.7 Å². The molecule has 0 spiro atoms. The van der Waals surface area contributed by atoms with E-state index in [4.69, 9.17) is 23.2 Å². The molecule has 0 bridgehead atoms. The molecular formula is C29H34Cl2N2O4. The average molecular weight is 546 g/mol. The molecule has 0 fully saturated rings. The third-order valence-corrected chi connectivity index (χ3v) is 7.17. The number of phenols is 1. The van der Waals surface area contributed by atoms with Crippen molar-refractivity contribution in [2.24, 2.45) is 0 Å². The van der Waals surface area contributed by atoms with Crippen LogP contribution >= 0.6 is 23.2 Å². The minimum absolute atomic E-state index is 0.000896. The lowest BCUT2D eigenvalue weighted by Crippen LogP contribution is -2.43. The summed E-state index contributed by atoms with van der Waals surface area (Å²) >= 11 is 12.5. The summed E-state index contributed by atoms with van der Waals surface area (Å²) in [7, 11) is 0. The quantitative estimate of drug-likeness (QED) is 0.230. The van der Waals surface area contributed by atoms with Crippen LogP contribution in [0.4, 0.5) is 0 Å². The van der Waals surface area contributed by atoms with E-state index >= 15 is 0 Å². The molecule has 6 nitrogen and oxygen atoms in total. The number of benzene rings is 3. The van der Waals surface area contributed by atoms with Crippen LogP contribution in [0.5, 0.6) is 5.75 Å². The second-order valence-corrected chi connectivity index (χ2v) is 10.7. The first-order chi connectivity index (χ1) is 17.5. The highest BCUT2D eigenvalue weighted by Crippen LogP contribution is 2.27. The van der Waals surface area contributed by atoms with Crippen LogP contribution in [0.25, 0.3) is 0 Å². The van der Waals surface area contributed by atoms with Gasteiger partial charge in [-0.2, -0.15) is 0 Å². The maximum absolute atomic E-state index is 12.8. The fourth-order valence-corrected chi connectivity index (χ4v) is 4.71. The number of carbonyl (C=O) groups excluding carboxylic acids is 1. The number of aromatic hydroxyl groups is 1. The van der Waals surface area contributed by atoms with E-state index in [-0.39, 0.29) is 30.3 Å². The minimum Gasteiger partial charge on any atom is -0.508 e. The highest BCUT2D eigenvalue weighted by atomic mass is 35.5. The van der Waals surface area contributed by atoms with Crippen LogP contribution in [0.15, 0.2) is 54.6 Å². The van der Waals surface area contributed by atoms with E-state index in [9.17, 15) is 20.1 Å². The molecule has 0 saturated carbocycles. The highest BCUT2D eigenvalue weighted by Gasteiger charge is 2.21. The molecule has 3 aromatic rings. The molecule has 37 heavy (non-hydrogen) atoms. The lowest BCUT2D eigenvalue weighted by molar-refractivity contribution is 0.0954. The molecule has 198 valence electrons. The second kappa shape index (κ2) is 12.8. The maximum atomic E-state index is 12.8. The Balaban J connectivity index is 1.56. The number of amides is 1. The molecule has 8 heteroatoms. The summed E-state index contributed by atoms with van der Waals surface area (Å²) in [6.45, 7) is 6.39. The van der Waals surface area contributed by atoms with Gasteiger partial charge >= 0.3 is 0 Å². The largest absolute Gasteiger partial charge is 0.508 e. The van der Waals surface area contributed by atoms with Crippen LogP contribution in [0.3, 0.4) is 0 Å². The Morgan fingerprint density at radius 1 is 1.05 bits per heavy atom. The van der Waals surface area contributed by atoms with E-state index in [0.717, 1.165) is 16.7 Å². The molecule has 1 atom stereocenters. The number of rotatable bonds is 11. The molecule has 0 aromatic heterocycles. The van der Waals surface area contributed by atoms with Crippen molar-refractivity contribution < 1.29 is 20.1 Å². The van der Waals surface area contributed by atoms with Gasteiger partial charge in [-0.1, -0.05) is 41.4 Å². The topological polar surface area (TPSA) is 102 Å². The number of carbonyl (C=O) groups is 1. The van der Waals surface area contributed by atoms with Gasteiger partial charge in [0.25, 0.3) is 5.91 Å². The fraction of sp³-hybridized carbons (Fsp3) is 0.345. The monoisotopic (exact) mass is 544 g/mol. The van der Waals surface area contributed by atoms with Crippen LogP contribution in [-0.2, 0) is 19.4 Å². The van der Waals surface area contributed by atoms with Gasteiger partial charge in [0.15, 0.2) is 0 Å². The lowest BCUT2D eigenvalue weighted by atomic mass is 9.93. The molecule has 0 radical (unpaired) electrons. The second-order valence-electron chi connectivity index (χ2n) is 9.84. The summed E-state index contributed by atoms with van der Waals surface area (Å²) in [5.41, 5.74) is 4.02. The number of aliphatic hydroxyl groups excluding tert-OH is 2. The normalized spacial score (nSPS) is 12.4. The van der Waals surface area contributed by atoms with E-state index in [2.05, 4.69) is 10.6 Å². The van der Waals surface area contributed by atoms with Crippen molar-refractivity contribution in [2.45, 2.75) is 51.9 Å². The zero-order valence-electron chi connectivity index (χ0n) is 21.3. The molecule has 3 rings (SSSR count). The zero-order valence-corrected chi connectivity index (χ0v) is 22.8. The molecule has 0 aliphatic rings. The summed E-state index contributed by atoms with van der Waals surface area (Å²) in [5.74, 6) is -0.162. The minimum atomic E-state index is -0.807. The number of β-amino-alcohol motifs (C(OH)–C–C–N with tert-alkyl or cyclic N) is 1. The standard InChI is InChI=1S/C29H34Cl2N2O4/c1-18-23(25(31)9-8-24(18)30)11-12-32-28(37)21-6-4-5-19(13-21)15-29(2,3)33-16-27(36)20-7-10-26(35)22(14-20)17-34/h4-10,13-14,27,33-36H,11-12,15-17H2,1-3H3,(H,32,37)/t27-/m0/s1. The summed E-state index contributed by atoms with van der Waals surface area (Å²) < 4.78 is 0. The van der Waals surface area contributed by atoms with Gasteiger partial charge in [-0.15, -0.1) is 0 Å². The molecule has 0 aliphatic heterocycles.